The van der Waals surface area contributed by atoms with Crippen molar-refractivity contribution in [2.75, 3.05) is 52.3 Å². The van der Waals surface area contributed by atoms with Gasteiger partial charge < -0.3 is 19.1 Å². The third-order valence-electron chi connectivity index (χ3n) is 6.18. The minimum atomic E-state index is -0.723. The summed E-state index contributed by atoms with van der Waals surface area (Å²) in [6, 6.07) is 11.0. The number of anilines is 1. The number of ether oxygens (including phenoxy) is 3. The number of pyridine rings is 1. The van der Waals surface area contributed by atoms with Crippen LogP contribution >= 0.6 is 0 Å². The second-order valence-electron chi connectivity index (χ2n) is 8.66. The molecule has 0 atom stereocenters. The molecule has 34 heavy (non-hydrogen) atoms. The first kappa shape index (κ1) is 24.1. The van der Waals surface area contributed by atoms with E-state index in [-0.39, 0.29) is 5.91 Å². The Bertz CT molecular complexity index is 1010. The number of carbonyl (C=O) groups excluding carboxylic acids is 2. The molecule has 3 heterocycles. The van der Waals surface area contributed by atoms with Crippen molar-refractivity contribution in [3.05, 3.63) is 53.2 Å². The van der Waals surface area contributed by atoms with Gasteiger partial charge in [-0.15, -0.1) is 0 Å². The number of methoxy groups -OCH3 is 2. The summed E-state index contributed by atoms with van der Waals surface area (Å²) in [4.78, 5) is 36.1. The van der Waals surface area contributed by atoms with E-state index in [1.54, 1.807) is 31.3 Å². The normalized spacial score (nSPS) is 17.0. The summed E-state index contributed by atoms with van der Waals surface area (Å²) in [6.07, 6.45) is 1.29. The molecule has 0 saturated carbocycles. The Balaban J connectivity index is 1.66. The number of para-hydroxylation sites is 1. The van der Waals surface area contributed by atoms with E-state index in [1.807, 2.05) is 41.1 Å². The van der Waals surface area contributed by atoms with Crippen LogP contribution in [-0.2, 0) is 27.2 Å². The number of carbonyl (C=O) groups is 2. The third-order valence-corrected chi connectivity index (χ3v) is 6.18. The topological polar surface area (TPSA) is 84.4 Å². The molecular formula is C25H32N4O5. The van der Waals surface area contributed by atoms with Gasteiger partial charge in [0.1, 0.15) is 17.3 Å². The highest BCUT2D eigenvalue weighted by atomic mass is 16.7. The van der Waals surface area contributed by atoms with E-state index in [4.69, 9.17) is 19.2 Å². The summed E-state index contributed by atoms with van der Waals surface area (Å²) in [6.45, 7) is 2.88. The highest BCUT2D eigenvalue weighted by Crippen LogP contribution is 2.32. The first-order chi connectivity index (χ1) is 16.5. The number of aromatic nitrogens is 1. The lowest BCUT2D eigenvalue weighted by atomic mass is 10.0. The molecule has 4 rings (SSSR count). The smallest absolute Gasteiger partial charge is 0.410 e. The molecule has 1 saturated heterocycles. The predicted octanol–water partition coefficient (Wildman–Crippen LogP) is 2.99. The molecule has 0 radical (unpaired) electrons. The average Bonchev–Trinajstić information content (AvgIpc) is 2.99. The quantitative estimate of drug-likeness (QED) is 0.603. The number of rotatable bonds is 6. The fraction of sp³-hybridized carbons (Fsp3) is 0.480. The molecule has 0 bridgehead atoms. The van der Waals surface area contributed by atoms with Gasteiger partial charge in [0.25, 0.3) is 0 Å². The van der Waals surface area contributed by atoms with Crippen LogP contribution in [-0.4, -0.2) is 74.2 Å². The summed E-state index contributed by atoms with van der Waals surface area (Å²) in [5.74, 6) is 1.11. The largest absolute Gasteiger partial charge is 0.420 e. The van der Waals surface area contributed by atoms with Crippen molar-refractivity contribution < 1.29 is 23.8 Å². The van der Waals surface area contributed by atoms with Crippen molar-refractivity contribution in [3.63, 3.8) is 0 Å². The van der Waals surface area contributed by atoms with Gasteiger partial charge in [0.05, 0.1) is 6.54 Å². The van der Waals surface area contributed by atoms with Gasteiger partial charge in [0.2, 0.25) is 12.2 Å². The Morgan fingerprint density at radius 3 is 2.59 bits per heavy atom. The van der Waals surface area contributed by atoms with E-state index in [2.05, 4.69) is 0 Å². The van der Waals surface area contributed by atoms with Crippen LogP contribution in [0.2, 0.25) is 0 Å². The van der Waals surface area contributed by atoms with Crippen LogP contribution in [0.5, 0.6) is 5.75 Å². The van der Waals surface area contributed by atoms with E-state index in [9.17, 15) is 9.59 Å². The zero-order chi connectivity index (χ0) is 24.1. The molecule has 0 N–H and O–H groups in total. The molecule has 1 aromatic carbocycles. The number of benzene rings is 1. The Kier molecular flexibility index (Phi) is 7.77. The Morgan fingerprint density at radius 1 is 1.09 bits per heavy atom. The molecule has 1 aromatic heterocycles. The monoisotopic (exact) mass is 468 g/mol. The van der Waals surface area contributed by atoms with Gasteiger partial charge in [-0.05, 0) is 55.6 Å². The predicted molar refractivity (Wildman–Crippen MR) is 127 cm³/mol. The number of nitrogens with zero attached hydrogens (tertiary/aromatic N) is 4. The molecule has 2 amide bonds. The summed E-state index contributed by atoms with van der Waals surface area (Å²) < 4.78 is 16.7. The zero-order valence-electron chi connectivity index (χ0n) is 20.0. The van der Waals surface area contributed by atoms with Crippen molar-refractivity contribution in [2.24, 2.45) is 0 Å². The summed E-state index contributed by atoms with van der Waals surface area (Å²) in [7, 11) is 5.06. The molecule has 0 unspecified atom stereocenters. The molecular weight excluding hydrogens is 436 g/mol. The standard InChI is InChI=1S/C25H32N4O5/c1-27-12-8-13-28(21(30)17-27)16-19-15-18-9-7-14-29(23(18)26-22(19)24(32-2)33-3)25(31)34-20-10-5-4-6-11-20/h4-6,10-11,15,24H,7-9,12-14,16-17H2,1-3H3. The molecule has 9 heteroatoms. The van der Waals surface area contributed by atoms with Crippen molar-refractivity contribution in [3.8, 4) is 5.75 Å². The number of likely N-dealkylation sites (N-methyl/N-ethyl adjacent to an activating group) is 1. The molecule has 2 aliphatic rings. The van der Waals surface area contributed by atoms with Gasteiger partial charge in [-0.1, -0.05) is 18.2 Å². The maximum Gasteiger partial charge on any atom is 0.420 e. The number of hydrogen-bond acceptors (Lipinski definition) is 7. The second kappa shape index (κ2) is 10.9. The lowest BCUT2D eigenvalue weighted by molar-refractivity contribution is -0.131. The van der Waals surface area contributed by atoms with E-state index < -0.39 is 12.4 Å². The molecule has 1 fully saturated rings. The second-order valence-corrected chi connectivity index (χ2v) is 8.66. The van der Waals surface area contributed by atoms with Gasteiger partial charge in [-0.3, -0.25) is 14.6 Å². The van der Waals surface area contributed by atoms with Crippen LogP contribution in [0.1, 0.15) is 36.0 Å². The molecule has 2 aliphatic heterocycles. The maximum atomic E-state index is 13.0. The van der Waals surface area contributed by atoms with Crippen LogP contribution in [0, 0.1) is 0 Å². The number of hydrogen-bond donors (Lipinski definition) is 0. The SMILES string of the molecule is COC(OC)c1nc2c(cc1CN1CCCN(C)CC1=O)CCCN2C(=O)Oc1ccccc1. The molecule has 0 spiro atoms. The van der Waals surface area contributed by atoms with Crippen LogP contribution < -0.4 is 9.64 Å². The first-order valence-corrected chi connectivity index (χ1v) is 11.6. The summed E-state index contributed by atoms with van der Waals surface area (Å²) in [5, 5.41) is 0. The average molecular weight is 469 g/mol. The van der Waals surface area contributed by atoms with Crippen molar-refractivity contribution >= 4 is 17.8 Å². The molecule has 9 nitrogen and oxygen atoms in total. The van der Waals surface area contributed by atoms with Gasteiger partial charge in [0.15, 0.2) is 0 Å². The van der Waals surface area contributed by atoms with Gasteiger partial charge in [-0.2, -0.15) is 0 Å². The van der Waals surface area contributed by atoms with Crippen LogP contribution in [0.3, 0.4) is 0 Å². The van der Waals surface area contributed by atoms with Gasteiger partial charge in [-0.25, -0.2) is 9.78 Å². The minimum absolute atomic E-state index is 0.0862. The van der Waals surface area contributed by atoms with Crippen LogP contribution in [0.25, 0.3) is 0 Å². The minimum Gasteiger partial charge on any atom is -0.410 e. The Morgan fingerprint density at radius 2 is 1.85 bits per heavy atom. The van der Waals surface area contributed by atoms with E-state index >= 15 is 0 Å². The molecule has 0 aliphatic carbocycles. The third kappa shape index (κ3) is 5.38. The van der Waals surface area contributed by atoms with E-state index in [0.717, 1.165) is 36.9 Å². The number of fused-ring (bicyclic) bond motifs is 1. The highest BCUT2D eigenvalue weighted by Gasteiger charge is 2.30. The van der Waals surface area contributed by atoms with E-state index in [0.29, 0.717) is 43.4 Å². The zero-order valence-corrected chi connectivity index (χ0v) is 20.0. The van der Waals surface area contributed by atoms with Crippen molar-refractivity contribution in [1.29, 1.82) is 0 Å². The maximum absolute atomic E-state index is 13.0. The number of amides is 2. The summed E-state index contributed by atoms with van der Waals surface area (Å²) >= 11 is 0. The lowest BCUT2D eigenvalue weighted by Gasteiger charge is -2.31. The summed E-state index contributed by atoms with van der Waals surface area (Å²) in [5.41, 5.74) is 2.37. The lowest BCUT2D eigenvalue weighted by Crippen LogP contribution is -2.39. The fourth-order valence-electron chi connectivity index (χ4n) is 4.47. The van der Waals surface area contributed by atoms with E-state index in [1.165, 1.54) is 0 Å². The Hall–Kier alpha value is -3.01. The number of aryl methyl sites for hydroxylation is 1. The van der Waals surface area contributed by atoms with Crippen LogP contribution in [0.15, 0.2) is 36.4 Å². The van der Waals surface area contributed by atoms with Crippen molar-refractivity contribution in [2.45, 2.75) is 32.1 Å². The van der Waals surface area contributed by atoms with Crippen LogP contribution in [0.4, 0.5) is 10.6 Å². The fourth-order valence-corrected chi connectivity index (χ4v) is 4.47. The molecule has 2 aromatic rings. The Labute approximate surface area is 200 Å². The van der Waals surface area contributed by atoms with Crippen molar-refractivity contribution in [1.82, 2.24) is 14.8 Å². The van der Waals surface area contributed by atoms with Gasteiger partial charge in [0, 0.05) is 40.4 Å². The highest BCUT2D eigenvalue weighted by molar-refractivity contribution is 5.89. The first-order valence-electron chi connectivity index (χ1n) is 11.6. The van der Waals surface area contributed by atoms with Gasteiger partial charge >= 0.3 is 6.09 Å². The molecule has 182 valence electrons.